The molecule has 1 rings (SSSR count). The van der Waals surface area contributed by atoms with Crippen LogP contribution in [0.15, 0.2) is 5.11 Å². The summed E-state index contributed by atoms with van der Waals surface area (Å²) in [6.45, 7) is 8.55. The Balaban J connectivity index is 2.95. The quantitative estimate of drug-likeness (QED) is 0.185. The lowest BCUT2D eigenvalue weighted by Crippen LogP contribution is -2.59. The molecule has 1 saturated heterocycles. The van der Waals surface area contributed by atoms with Gasteiger partial charge in [0.05, 0.1) is 18.2 Å². The first kappa shape index (κ1) is 21.7. The van der Waals surface area contributed by atoms with Gasteiger partial charge in [-0.15, -0.1) is 0 Å². The largest absolute Gasteiger partial charge is 0.463 e. The molecule has 0 radical (unpaired) electrons. The van der Waals surface area contributed by atoms with Crippen molar-refractivity contribution >= 4 is 5.97 Å². The van der Waals surface area contributed by atoms with E-state index in [1.54, 1.807) is 0 Å². The van der Waals surface area contributed by atoms with E-state index in [2.05, 4.69) is 23.9 Å². The Morgan fingerprint density at radius 1 is 1.16 bits per heavy atom. The number of esters is 1. The van der Waals surface area contributed by atoms with Gasteiger partial charge in [0, 0.05) is 25.0 Å². The molecular formula is C17H31N3O5. The highest BCUT2D eigenvalue weighted by molar-refractivity contribution is 5.65. The third kappa shape index (κ3) is 7.20. The Bertz CT molecular complexity index is 442. The number of carbonyl (C=O) groups is 1. The second-order valence-electron chi connectivity index (χ2n) is 6.26. The molecule has 1 fully saturated rings. The molecule has 0 aliphatic carbocycles. The molecule has 0 aromatic rings. The van der Waals surface area contributed by atoms with Crippen molar-refractivity contribution in [1.29, 1.82) is 0 Å². The van der Waals surface area contributed by atoms with Gasteiger partial charge in [-0.1, -0.05) is 31.8 Å². The third-order valence-electron chi connectivity index (χ3n) is 4.15. The molecule has 144 valence electrons. The molecule has 0 aromatic heterocycles. The zero-order chi connectivity index (χ0) is 18.7. The predicted molar refractivity (Wildman–Crippen MR) is 93.2 cm³/mol. The lowest BCUT2D eigenvalue weighted by molar-refractivity contribution is -0.218. The molecule has 0 bridgehead atoms. The van der Waals surface area contributed by atoms with Gasteiger partial charge in [0.15, 0.2) is 0 Å². The first-order valence-corrected chi connectivity index (χ1v) is 9.11. The van der Waals surface area contributed by atoms with Crippen molar-refractivity contribution in [1.82, 2.24) is 0 Å². The summed E-state index contributed by atoms with van der Waals surface area (Å²) < 4.78 is 23.1. The third-order valence-corrected chi connectivity index (χ3v) is 4.15. The second-order valence-corrected chi connectivity index (χ2v) is 6.26. The van der Waals surface area contributed by atoms with Crippen LogP contribution in [0.2, 0.25) is 0 Å². The normalized spacial score (nSPS) is 29.0. The molecule has 1 aliphatic heterocycles. The Hall–Kier alpha value is -1.34. The van der Waals surface area contributed by atoms with E-state index in [1.807, 2.05) is 6.92 Å². The minimum Gasteiger partial charge on any atom is -0.463 e. The first-order chi connectivity index (χ1) is 12.0. The molecule has 0 amide bonds. The molecule has 0 N–H and O–H groups in total. The average molecular weight is 357 g/mol. The van der Waals surface area contributed by atoms with Crippen LogP contribution < -0.4 is 0 Å². The minimum absolute atomic E-state index is 0.0904. The zero-order valence-electron chi connectivity index (χ0n) is 15.7. The van der Waals surface area contributed by atoms with Crippen molar-refractivity contribution in [3.63, 3.8) is 0 Å². The summed E-state index contributed by atoms with van der Waals surface area (Å²) in [5.41, 5.74) is 8.91. The van der Waals surface area contributed by atoms with Gasteiger partial charge in [-0.25, -0.2) is 0 Å². The summed E-state index contributed by atoms with van der Waals surface area (Å²) in [4.78, 5) is 14.1. The van der Waals surface area contributed by atoms with E-state index >= 15 is 0 Å². The second kappa shape index (κ2) is 12.1. The minimum atomic E-state index is -0.484. The van der Waals surface area contributed by atoms with Gasteiger partial charge in [-0.3, -0.25) is 4.79 Å². The van der Waals surface area contributed by atoms with Crippen LogP contribution in [0, 0.1) is 0 Å². The van der Waals surface area contributed by atoms with Crippen LogP contribution >= 0.6 is 0 Å². The average Bonchev–Trinajstić information content (AvgIpc) is 2.58. The number of carbonyl (C=O) groups excluding carboxylic acids is 1. The first-order valence-electron chi connectivity index (χ1n) is 9.11. The number of unbranched alkanes of at least 4 members (excludes halogenated alkanes) is 2. The van der Waals surface area contributed by atoms with Gasteiger partial charge in [0.2, 0.25) is 0 Å². The molecule has 8 nitrogen and oxygen atoms in total. The van der Waals surface area contributed by atoms with E-state index in [-0.39, 0.29) is 18.7 Å². The molecule has 25 heavy (non-hydrogen) atoms. The lowest BCUT2D eigenvalue weighted by Gasteiger charge is -2.44. The van der Waals surface area contributed by atoms with Crippen LogP contribution in [0.1, 0.15) is 53.4 Å². The van der Waals surface area contributed by atoms with Gasteiger partial charge < -0.3 is 18.9 Å². The molecule has 8 heteroatoms. The van der Waals surface area contributed by atoms with Crippen LogP contribution in [0.3, 0.4) is 0 Å². The fraction of sp³-hybridized carbons (Fsp3) is 0.941. The Morgan fingerprint density at radius 2 is 1.76 bits per heavy atom. The van der Waals surface area contributed by atoms with Crippen LogP contribution in [-0.4, -0.2) is 56.2 Å². The summed E-state index contributed by atoms with van der Waals surface area (Å²) in [6.07, 6.45) is 2.13. The zero-order valence-corrected chi connectivity index (χ0v) is 15.7. The van der Waals surface area contributed by atoms with Crippen molar-refractivity contribution < 1.29 is 23.7 Å². The van der Waals surface area contributed by atoms with Crippen molar-refractivity contribution in [2.24, 2.45) is 5.11 Å². The highest BCUT2D eigenvalue weighted by Gasteiger charge is 2.45. The number of nitrogens with zero attached hydrogens (tertiary/aromatic N) is 3. The fourth-order valence-corrected chi connectivity index (χ4v) is 2.78. The number of hydrogen-bond donors (Lipinski definition) is 0. The van der Waals surface area contributed by atoms with Gasteiger partial charge in [-0.05, 0) is 25.3 Å². The van der Waals surface area contributed by atoms with E-state index in [9.17, 15) is 4.79 Å². The van der Waals surface area contributed by atoms with Crippen molar-refractivity contribution in [3.8, 4) is 0 Å². The maximum atomic E-state index is 11.2. The van der Waals surface area contributed by atoms with Crippen molar-refractivity contribution in [3.05, 3.63) is 10.4 Å². The fourth-order valence-electron chi connectivity index (χ4n) is 2.78. The van der Waals surface area contributed by atoms with E-state index in [1.165, 1.54) is 6.92 Å². The molecule has 1 heterocycles. The predicted octanol–water partition coefficient (Wildman–Crippen LogP) is 3.39. The number of azide groups is 1. The van der Waals surface area contributed by atoms with Crippen LogP contribution in [0.4, 0.5) is 0 Å². The van der Waals surface area contributed by atoms with Gasteiger partial charge in [-0.2, -0.15) is 0 Å². The number of ether oxygens (including phenoxy) is 4. The Kier molecular flexibility index (Phi) is 10.5. The highest BCUT2D eigenvalue weighted by atomic mass is 16.6. The highest BCUT2D eigenvalue weighted by Crippen LogP contribution is 2.29. The Morgan fingerprint density at radius 3 is 2.28 bits per heavy atom. The number of hydrogen-bond acceptors (Lipinski definition) is 6. The topological polar surface area (TPSA) is 103 Å². The van der Waals surface area contributed by atoms with Crippen molar-refractivity contribution in [2.75, 3.05) is 19.8 Å². The molecule has 4 unspecified atom stereocenters. The molecule has 1 aliphatic rings. The van der Waals surface area contributed by atoms with E-state index in [0.717, 1.165) is 25.7 Å². The molecule has 0 aromatic carbocycles. The molecule has 5 atom stereocenters. The van der Waals surface area contributed by atoms with Gasteiger partial charge in [0.25, 0.3) is 0 Å². The molecule has 0 spiro atoms. The van der Waals surface area contributed by atoms with Gasteiger partial charge >= 0.3 is 5.97 Å². The number of rotatable bonds is 11. The summed E-state index contributed by atoms with van der Waals surface area (Å²) in [5.74, 6) is -0.371. The van der Waals surface area contributed by atoms with Crippen molar-refractivity contribution in [2.45, 2.75) is 83.8 Å². The smallest absolute Gasteiger partial charge is 0.302 e. The SMILES string of the molecule is CCCCOC1C(N=[N+]=[N-])C(C)OC(COC(C)=O)[C@H]1OCCCC. The van der Waals surface area contributed by atoms with Crippen LogP contribution in [-0.2, 0) is 23.7 Å². The standard InChI is InChI=1S/C17H31N3O5/c1-5-7-9-22-16-14(11-24-13(4)21)25-12(3)15(19-20-18)17(16)23-10-8-6-2/h12,14-17H,5-11H2,1-4H3/t12?,14?,15?,16-,17?/m1/s1. The van der Waals surface area contributed by atoms with Gasteiger partial charge in [0.1, 0.15) is 18.8 Å². The van der Waals surface area contributed by atoms with E-state index in [4.69, 9.17) is 24.5 Å². The maximum Gasteiger partial charge on any atom is 0.302 e. The van der Waals surface area contributed by atoms with E-state index in [0.29, 0.717) is 13.2 Å². The monoisotopic (exact) mass is 357 g/mol. The van der Waals surface area contributed by atoms with Crippen LogP contribution in [0.25, 0.3) is 10.4 Å². The molecular weight excluding hydrogens is 326 g/mol. The summed E-state index contributed by atoms with van der Waals surface area (Å²) in [7, 11) is 0. The molecule has 0 saturated carbocycles. The lowest BCUT2D eigenvalue weighted by atomic mass is 9.93. The van der Waals surface area contributed by atoms with Crippen LogP contribution in [0.5, 0.6) is 0 Å². The summed E-state index contributed by atoms with van der Waals surface area (Å²) >= 11 is 0. The van der Waals surface area contributed by atoms with E-state index < -0.39 is 24.4 Å². The summed E-state index contributed by atoms with van der Waals surface area (Å²) in [6, 6.07) is -0.484. The summed E-state index contributed by atoms with van der Waals surface area (Å²) in [5, 5.41) is 3.88. The Labute approximate surface area is 149 Å². The maximum absolute atomic E-state index is 11.2.